The molecule has 0 saturated carbocycles. The van der Waals surface area contributed by atoms with Crippen molar-refractivity contribution in [3.8, 4) is 17.2 Å². The van der Waals surface area contributed by atoms with Crippen LogP contribution in [0.25, 0.3) is 17.2 Å². The lowest BCUT2D eigenvalue weighted by atomic mass is 10.2. The number of aryl methyl sites for hydroxylation is 1. The molecule has 0 aliphatic rings. The van der Waals surface area contributed by atoms with E-state index in [1.165, 1.54) is 30.5 Å². The number of aromatic nitrogens is 3. The Morgan fingerprint density at radius 1 is 1.15 bits per heavy atom. The molecular weight excluding hydrogens is 369 g/mol. The van der Waals surface area contributed by atoms with Crippen LogP contribution in [0.2, 0.25) is 0 Å². The van der Waals surface area contributed by atoms with E-state index in [4.69, 9.17) is 5.14 Å². The molecule has 0 bridgehead atoms. The topological polar surface area (TPSA) is 90.9 Å². The fourth-order valence-corrected chi connectivity index (χ4v) is 2.92. The Kier molecular flexibility index (Phi) is 4.32. The summed E-state index contributed by atoms with van der Waals surface area (Å²) in [6.07, 6.45) is -2.42. The van der Waals surface area contributed by atoms with Crippen LogP contribution in [0.15, 0.2) is 53.7 Å². The van der Waals surface area contributed by atoms with Gasteiger partial charge in [0.05, 0.1) is 4.90 Å². The van der Waals surface area contributed by atoms with E-state index in [0.29, 0.717) is 0 Å². The summed E-state index contributed by atoms with van der Waals surface area (Å²) in [4.78, 5) is 7.50. The van der Waals surface area contributed by atoms with Gasteiger partial charge in [0.15, 0.2) is 11.5 Å². The molecule has 10 heteroatoms. The number of hydrogen-bond donors (Lipinski definition) is 1. The van der Waals surface area contributed by atoms with Crippen LogP contribution in [0.5, 0.6) is 0 Å². The molecule has 26 heavy (non-hydrogen) atoms. The minimum absolute atomic E-state index is 0.0624. The Hall–Kier alpha value is -2.72. The van der Waals surface area contributed by atoms with Gasteiger partial charge in [-0.1, -0.05) is 6.07 Å². The van der Waals surface area contributed by atoms with Gasteiger partial charge in [-0.25, -0.2) is 18.5 Å². The number of benzene rings is 1. The van der Waals surface area contributed by atoms with Crippen LogP contribution in [-0.4, -0.2) is 23.0 Å². The van der Waals surface area contributed by atoms with Gasteiger partial charge in [0, 0.05) is 18.1 Å². The summed E-state index contributed by atoms with van der Waals surface area (Å²) in [7, 11) is -4.01. The summed E-state index contributed by atoms with van der Waals surface area (Å²) in [6.45, 7) is 1.77. The average molecular weight is 382 g/mol. The van der Waals surface area contributed by atoms with E-state index in [0.717, 1.165) is 16.3 Å². The van der Waals surface area contributed by atoms with Gasteiger partial charge in [-0.05, 0) is 42.8 Å². The number of hydrogen-bond acceptors (Lipinski definition) is 4. The Morgan fingerprint density at radius 3 is 2.50 bits per heavy atom. The third kappa shape index (κ3) is 3.60. The Bertz CT molecular complexity index is 1080. The van der Waals surface area contributed by atoms with Gasteiger partial charge in [-0.2, -0.15) is 13.2 Å². The normalized spacial score (nSPS) is 12.3. The molecule has 6 nitrogen and oxygen atoms in total. The summed E-state index contributed by atoms with van der Waals surface area (Å²) >= 11 is 0. The van der Waals surface area contributed by atoms with Gasteiger partial charge in [0.2, 0.25) is 10.0 Å². The van der Waals surface area contributed by atoms with Gasteiger partial charge < -0.3 is 0 Å². The zero-order chi connectivity index (χ0) is 19.1. The second-order valence-corrected chi connectivity index (χ2v) is 7.14. The van der Waals surface area contributed by atoms with Gasteiger partial charge >= 0.3 is 6.18 Å². The van der Waals surface area contributed by atoms with Crippen molar-refractivity contribution in [1.82, 2.24) is 14.5 Å². The molecule has 0 spiro atoms. The minimum Gasteiger partial charge on any atom is -0.298 e. The molecule has 0 amide bonds. The number of rotatable bonds is 3. The Morgan fingerprint density at radius 2 is 1.88 bits per heavy atom. The number of alkyl halides is 3. The maximum atomic E-state index is 13.1. The number of imidazole rings is 1. The quantitative estimate of drug-likeness (QED) is 0.754. The smallest absolute Gasteiger partial charge is 0.298 e. The molecule has 3 aromatic rings. The van der Waals surface area contributed by atoms with Gasteiger partial charge in [0.25, 0.3) is 0 Å². The summed E-state index contributed by atoms with van der Waals surface area (Å²) in [6, 6.07) is 8.55. The van der Waals surface area contributed by atoms with Crippen molar-refractivity contribution in [1.29, 1.82) is 0 Å². The predicted octanol–water partition coefficient (Wildman–Crippen LogP) is 2.91. The Balaban J connectivity index is 2.25. The lowest BCUT2D eigenvalue weighted by molar-refractivity contribution is -0.140. The van der Waals surface area contributed by atoms with Crippen molar-refractivity contribution in [3.05, 3.63) is 60.0 Å². The zero-order valence-electron chi connectivity index (χ0n) is 13.4. The van der Waals surface area contributed by atoms with E-state index in [1.54, 1.807) is 19.1 Å². The standard InChI is InChI=1S/C16H13F3N4O2S/c1-10-5-6-21-13(7-10)15-22-14(16(17,18)19)9-23(15)11-3-2-4-12(8-11)26(20,24)25/h2-9H,1H3,(H2,20,24,25). The molecule has 136 valence electrons. The molecule has 3 rings (SSSR count). The van der Waals surface area contributed by atoms with E-state index in [1.807, 2.05) is 0 Å². The summed E-state index contributed by atoms with van der Waals surface area (Å²) in [5.74, 6) is -0.0624. The highest BCUT2D eigenvalue weighted by Crippen LogP contribution is 2.32. The molecule has 1 aromatic carbocycles. The molecule has 0 radical (unpaired) electrons. The zero-order valence-corrected chi connectivity index (χ0v) is 14.2. The lowest BCUT2D eigenvalue weighted by Crippen LogP contribution is -2.12. The first kappa shape index (κ1) is 18.1. The molecule has 2 aromatic heterocycles. The van der Waals surface area contributed by atoms with Crippen LogP contribution in [0.3, 0.4) is 0 Å². The third-order valence-corrected chi connectivity index (χ3v) is 4.48. The van der Waals surface area contributed by atoms with Crippen LogP contribution in [0, 0.1) is 6.92 Å². The molecule has 2 N–H and O–H groups in total. The number of primary sulfonamides is 1. The van der Waals surface area contributed by atoms with Crippen molar-refractivity contribution in [2.24, 2.45) is 5.14 Å². The SMILES string of the molecule is Cc1ccnc(-c2nc(C(F)(F)F)cn2-c2cccc(S(N)(=O)=O)c2)c1. The lowest BCUT2D eigenvalue weighted by Gasteiger charge is -2.09. The molecule has 0 aliphatic heterocycles. The van der Waals surface area contributed by atoms with Crippen LogP contribution in [0.1, 0.15) is 11.3 Å². The maximum Gasteiger partial charge on any atom is 0.434 e. The first-order valence-corrected chi connectivity index (χ1v) is 8.83. The number of halogens is 3. The molecule has 0 unspecified atom stereocenters. The number of nitrogens with zero attached hydrogens (tertiary/aromatic N) is 3. The van der Waals surface area contributed by atoms with Crippen molar-refractivity contribution >= 4 is 10.0 Å². The predicted molar refractivity (Wildman–Crippen MR) is 87.9 cm³/mol. The van der Waals surface area contributed by atoms with Crippen LogP contribution < -0.4 is 5.14 Å². The van der Waals surface area contributed by atoms with E-state index in [9.17, 15) is 21.6 Å². The average Bonchev–Trinajstić information content (AvgIpc) is 3.00. The van der Waals surface area contributed by atoms with Gasteiger partial charge in [-0.15, -0.1) is 0 Å². The third-order valence-electron chi connectivity index (χ3n) is 3.57. The highest BCUT2D eigenvalue weighted by Gasteiger charge is 2.35. The van der Waals surface area contributed by atoms with Crippen molar-refractivity contribution in [2.45, 2.75) is 18.0 Å². The second-order valence-electron chi connectivity index (χ2n) is 5.58. The molecule has 0 atom stereocenters. The van der Waals surface area contributed by atoms with Crippen molar-refractivity contribution in [3.63, 3.8) is 0 Å². The fourth-order valence-electron chi connectivity index (χ4n) is 2.36. The van der Waals surface area contributed by atoms with Crippen LogP contribution >= 0.6 is 0 Å². The number of pyridine rings is 1. The monoisotopic (exact) mass is 382 g/mol. The van der Waals surface area contributed by atoms with E-state index >= 15 is 0 Å². The largest absolute Gasteiger partial charge is 0.434 e. The highest BCUT2D eigenvalue weighted by atomic mass is 32.2. The highest BCUT2D eigenvalue weighted by molar-refractivity contribution is 7.89. The van der Waals surface area contributed by atoms with Gasteiger partial charge in [0.1, 0.15) is 5.69 Å². The van der Waals surface area contributed by atoms with Crippen LogP contribution in [0.4, 0.5) is 13.2 Å². The van der Waals surface area contributed by atoms with E-state index in [-0.39, 0.29) is 22.1 Å². The molecule has 0 fully saturated rings. The first-order chi connectivity index (χ1) is 12.1. The molecule has 0 saturated heterocycles. The van der Waals surface area contributed by atoms with Crippen LogP contribution in [-0.2, 0) is 16.2 Å². The molecular formula is C16H13F3N4O2S. The first-order valence-electron chi connectivity index (χ1n) is 7.28. The van der Waals surface area contributed by atoms with Gasteiger partial charge in [-0.3, -0.25) is 9.55 Å². The fraction of sp³-hybridized carbons (Fsp3) is 0.125. The van der Waals surface area contributed by atoms with E-state index < -0.39 is 21.9 Å². The van der Waals surface area contributed by atoms with Crippen molar-refractivity contribution in [2.75, 3.05) is 0 Å². The Labute approximate surface area is 147 Å². The van der Waals surface area contributed by atoms with E-state index in [2.05, 4.69) is 9.97 Å². The summed E-state index contributed by atoms with van der Waals surface area (Å²) in [5, 5.41) is 5.10. The molecule has 0 aliphatic carbocycles. The minimum atomic E-state index is -4.67. The maximum absolute atomic E-state index is 13.1. The summed E-state index contributed by atoms with van der Waals surface area (Å²) in [5.41, 5.74) is 0.0625. The number of nitrogens with two attached hydrogens (primary N) is 1. The summed E-state index contributed by atoms with van der Waals surface area (Å²) < 4.78 is 63.7. The molecule has 2 heterocycles. The number of sulfonamides is 1. The second kappa shape index (κ2) is 6.22. The van der Waals surface area contributed by atoms with Crippen molar-refractivity contribution < 1.29 is 21.6 Å².